The van der Waals surface area contributed by atoms with Gasteiger partial charge in [-0.05, 0) is 47.5 Å². The highest BCUT2D eigenvalue weighted by atomic mass is 79.9. The summed E-state index contributed by atoms with van der Waals surface area (Å²) >= 11 is 3.44. The maximum absolute atomic E-state index is 12.6. The summed E-state index contributed by atoms with van der Waals surface area (Å²) < 4.78 is 6.84. The van der Waals surface area contributed by atoms with Crippen molar-refractivity contribution in [1.82, 2.24) is 5.32 Å². The van der Waals surface area contributed by atoms with E-state index < -0.39 is 6.03 Å². The molecule has 29 heavy (non-hydrogen) atoms. The van der Waals surface area contributed by atoms with Crippen LogP contribution in [0.5, 0.6) is 5.75 Å². The maximum atomic E-state index is 12.6. The Hall–Kier alpha value is -3.32. The van der Waals surface area contributed by atoms with Gasteiger partial charge in [0.2, 0.25) is 0 Å². The molecule has 4 N–H and O–H groups in total. The van der Waals surface area contributed by atoms with Crippen LogP contribution in [0.25, 0.3) is 0 Å². The number of ether oxygens (including phenoxy) is 1. The van der Waals surface area contributed by atoms with Crippen LogP contribution in [0.4, 0.5) is 10.5 Å². The third-order valence-corrected chi connectivity index (χ3v) is 4.58. The van der Waals surface area contributed by atoms with Gasteiger partial charge in [-0.25, -0.2) is 4.79 Å². The Labute approximate surface area is 177 Å². The van der Waals surface area contributed by atoms with Crippen LogP contribution in [0.15, 0.2) is 77.3 Å². The molecule has 7 heteroatoms. The molecule has 0 saturated carbocycles. The van der Waals surface area contributed by atoms with Gasteiger partial charge < -0.3 is 21.1 Å². The SMILES string of the molecule is NC(=O)Nc1ccc(CNC(=O)c2ccccc2OCc2cccc(Br)c2)cc1. The molecule has 3 aromatic carbocycles. The molecule has 0 heterocycles. The van der Waals surface area contributed by atoms with E-state index >= 15 is 0 Å². The molecule has 3 aromatic rings. The number of halogens is 1. The van der Waals surface area contributed by atoms with Crippen molar-refractivity contribution in [3.63, 3.8) is 0 Å². The van der Waals surface area contributed by atoms with Crippen molar-refractivity contribution >= 4 is 33.6 Å². The fourth-order valence-corrected chi connectivity index (χ4v) is 3.14. The minimum absolute atomic E-state index is 0.228. The number of primary amides is 1. The number of hydrogen-bond donors (Lipinski definition) is 3. The lowest BCUT2D eigenvalue weighted by Crippen LogP contribution is -2.23. The summed E-state index contributed by atoms with van der Waals surface area (Å²) in [6, 6.07) is 21.4. The number of rotatable bonds is 7. The monoisotopic (exact) mass is 453 g/mol. The molecular formula is C22H20BrN3O3. The lowest BCUT2D eigenvalue weighted by Gasteiger charge is -2.12. The number of nitrogens with two attached hydrogens (primary N) is 1. The molecule has 0 radical (unpaired) electrons. The molecule has 3 amide bonds. The van der Waals surface area contributed by atoms with E-state index in [4.69, 9.17) is 10.5 Å². The Morgan fingerprint density at radius 1 is 0.931 bits per heavy atom. The lowest BCUT2D eigenvalue weighted by molar-refractivity contribution is 0.0946. The van der Waals surface area contributed by atoms with Gasteiger partial charge in [-0.15, -0.1) is 0 Å². The van der Waals surface area contributed by atoms with Gasteiger partial charge in [0, 0.05) is 16.7 Å². The summed E-state index contributed by atoms with van der Waals surface area (Å²) in [5.41, 5.74) is 8.04. The minimum atomic E-state index is -0.620. The predicted octanol–water partition coefficient (Wildman–Crippen LogP) is 4.45. The number of para-hydroxylation sites is 1. The standard InChI is InChI=1S/C22H20BrN3O3/c23-17-5-3-4-16(12-17)14-29-20-7-2-1-6-19(20)21(27)25-13-15-8-10-18(11-9-15)26-22(24)28/h1-12H,13-14H2,(H,25,27)(H3,24,26,28). The van der Waals surface area contributed by atoms with Gasteiger partial charge in [-0.1, -0.05) is 52.3 Å². The lowest BCUT2D eigenvalue weighted by atomic mass is 10.1. The predicted molar refractivity (Wildman–Crippen MR) is 116 cm³/mol. The Balaban J connectivity index is 1.61. The van der Waals surface area contributed by atoms with Crippen molar-refractivity contribution in [2.45, 2.75) is 13.2 Å². The van der Waals surface area contributed by atoms with Crippen LogP contribution >= 0.6 is 15.9 Å². The number of carbonyl (C=O) groups is 2. The summed E-state index contributed by atoms with van der Waals surface area (Å²) in [6.07, 6.45) is 0. The zero-order valence-electron chi connectivity index (χ0n) is 15.5. The average molecular weight is 454 g/mol. The van der Waals surface area contributed by atoms with Crippen molar-refractivity contribution in [3.8, 4) is 5.75 Å². The molecule has 0 aliphatic heterocycles. The van der Waals surface area contributed by atoms with Gasteiger partial charge in [0.05, 0.1) is 5.56 Å². The van der Waals surface area contributed by atoms with Crippen LogP contribution in [0.1, 0.15) is 21.5 Å². The van der Waals surface area contributed by atoms with Crippen molar-refractivity contribution in [3.05, 3.63) is 94.0 Å². The smallest absolute Gasteiger partial charge is 0.316 e. The van der Waals surface area contributed by atoms with Crippen molar-refractivity contribution in [2.75, 3.05) is 5.32 Å². The summed E-state index contributed by atoms with van der Waals surface area (Å²) in [7, 11) is 0. The van der Waals surface area contributed by atoms with Crippen LogP contribution in [-0.4, -0.2) is 11.9 Å². The largest absolute Gasteiger partial charge is 0.488 e. The second kappa shape index (κ2) is 9.75. The van der Waals surface area contributed by atoms with E-state index in [1.54, 1.807) is 42.5 Å². The summed E-state index contributed by atoms with van der Waals surface area (Å²) in [4.78, 5) is 23.5. The first-order valence-electron chi connectivity index (χ1n) is 8.91. The van der Waals surface area contributed by atoms with Gasteiger partial charge in [-0.3, -0.25) is 4.79 Å². The van der Waals surface area contributed by atoms with Crippen LogP contribution in [0.3, 0.4) is 0 Å². The first kappa shape index (κ1) is 20.4. The zero-order valence-corrected chi connectivity index (χ0v) is 17.1. The molecule has 0 aromatic heterocycles. The van der Waals surface area contributed by atoms with Crippen LogP contribution in [-0.2, 0) is 13.2 Å². The van der Waals surface area contributed by atoms with E-state index in [1.165, 1.54) is 0 Å². The van der Waals surface area contributed by atoms with E-state index in [-0.39, 0.29) is 5.91 Å². The van der Waals surface area contributed by atoms with E-state index in [0.717, 1.165) is 15.6 Å². The third kappa shape index (κ3) is 6.08. The number of hydrogen-bond acceptors (Lipinski definition) is 3. The Kier molecular flexibility index (Phi) is 6.86. The second-order valence-electron chi connectivity index (χ2n) is 6.28. The highest BCUT2D eigenvalue weighted by Crippen LogP contribution is 2.20. The summed E-state index contributed by atoms with van der Waals surface area (Å²) in [5, 5.41) is 5.38. The quantitative estimate of drug-likeness (QED) is 0.493. The molecular weight excluding hydrogens is 434 g/mol. The molecule has 0 bridgehead atoms. The molecule has 148 valence electrons. The fourth-order valence-electron chi connectivity index (χ4n) is 2.69. The normalized spacial score (nSPS) is 10.2. The van der Waals surface area contributed by atoms with Crippen molar-refractivity contribution in [1.29, 1.82) is 0 Å². The molecule has 3 rings (SSSR count). The second-order valence-corrected chi connectivity index (χ2v) is 7.20. The number of benzene rings is 3. The topological polar surface area (TPSA) is 93.5 Å². The van der Waals surface area contributed by atoms with Crippen molar-refractivity contribution in [2.24, 2.45) is 5.73 Å². The molecule has 0 saturated heterocycles. The number of nitrogens with one attached hydrogen (secondary N) is 2. The van der Waals surface area contributed by atoms with Gasteiger partial charge in [0.15, 0.2) is 0 Å². The molecule has 0 unspecified atom stereocenters. The number of anilines is 1. The number of carbonyl (C=O) groups excluding carboxylic acids is 2. The van der Waals surface area contributed by atoms with Crippen LogP contribution < -0.4 is 21.1 Å². The maximum Gasteiger partial charge on any atom is 0.316 e. The third-order valence-electron chi connectivity index (χ3n) is 4.09. The first-order valence-corrected chi connectivity index (χ1v) is 9.70. The first-order chi connectivity index (χ1) is 14.0. The van der Waals surface area contributed by atoms with Crippen LogP contribution in [0, 0.1) is 0 Å². The number of amides is 3. The van der Waals surface area contributed by atoms with E-state index in [0.29, 0.717) is 30.2 Å². The highest BCUT2D eigenvalue weighted by Gasteiger charge is 2.12. The Bertz CT molecular complexity index is 1010. The molecule has 6 nitrogen and oxygen atoms in total. The highest BCUT2D eigenvalue weighted by molar-refractivity contribution is 9.10. The molecule has 0 fully saturated rings. The Morgan fingerprint density at radius 3 is 2.41 bits per heavy atom. The van der Waals surface area contributed by atoms with Crippen LogP contribution in [0.2, 0.25) is 0 Å². The van der Waals surface area contributed by atoms with E-state index in [2.05, 4.69) is 26.6 Å². The van der Waals surface area contributed by atoms with Gasteiger partial charge in [-0.2, -0.15) is 0 Å². The van der Waals surface area contributed by atoms with Gasteiger partial charge in [0.25, 0.3) is 5.91 Å². The van der Waals surface area contributed by atoms with Gasteiger partial charge in [0.1, 0.15) is 12.4 Å². The Morgan fingerprint density at radius 2 is 1.69 bits per heavy atom. The number of urea groups is 1. The zero-order chi connectivity index (χ0) is 20.6. The molecule has 0 aliphatic carbocycles. The molecule has 0 spiro atoms. The van der Waals surface area contributed by atoms with Crippen molar-refractivity contribution < 1.29 is 14.3 Å². The van der Waals surface area contributed by atoms with E-state index in [9.17, 15) is 9.59 Å². The summed E-state index contributed by atoms with van der Waals surface area (Å²) in [6.45, 7) is 0.702. The molecule has 0 aliphatic rings. The fraction of sp³-hybridized carbons (Fsp3) is 0.0909. The van der Waals surface area contributed by atoms with Gasteiger partial charge >= 0.3 is 6.03 Å². The molecule has 0 atom stereocenters. The van der Waals surface area contributed by atoms with E-state index in [1.807, 2.05) is 30.3 Å². The summed E-state index contributed by atoms with van der Waals surface area (Å²) in [5.74, 6) is 0.292. The average Bonchev–Trinajstić information content (AvgIpc) is 2.71. The minimum Gasteiger partial charge on any atom is -0.488 e.